The number of aromatic nitrogens is 2. The van der Waals surface area contributed by atoms with Crippen molar-refractivity contribution in [2.45, 2.75) is 0 Å². The minimum atomic E-state index is -1.25. The molecule has 3 aromatic rings. The summed E-state index contributed by atoms with van der Waals surface area (Å²) in [5.41, 5.74) is 1.78. The van der Waals surface area contributed by atoms with Crippen LogP contribution in [0, 0.1) is 11.3 Å². The third-order valence-corrected chi connectivity index (χ3v) is 4.05. The Balaban J connectivity index is 2.16. The highest BCUT2D eigenvalue weighted by Gasteiger charge is 2.14. The normalized spacial score (nSPS) is 11.2. The van der Waals surface area contributed by atoms with E-state index in [1.165, 1.54) is 17.4 Å². The number of carboxylic acid groups (broad SMARTS) is 1. The fourth-order valence-electron chi connectivity index (χ4n) is 2.11. The molecule has 0 saturated carbocycles. The second-order valence-electron chi connectivity index (χ2n) is 4.67. The number of thiophene rings is 1. The van der Waals surface area contributed by atoms with Gasteiger partial charge < -0.3 is 5.11 Å². The number of para-hydroxylation sites is 1. The van der Waals surface area contributed by atoms with Crippen LogP contribution in [0.4, 0.5) is 0 Å². The van der Waals surface area contributed by atoms with E-state index in [1.54, 1.807) is 16.9 Å². The van der Waals surface area contributed by atoms with Crippen LogP contribution in [0.15, 0.2) is 59.6 Å². The van der Waals surface area contributed by atoms with E-state index in [-0.39, 0.29) is 5.57 Å². The summed E-state index contributed by atoms with van der Waals surface area (Å²) in [5, 5.41) is 24.5. The summed E-state index contributed by atoms with van der Waals surface area (Å²) in [6.07, 6.45) is 3.08. The predicted octanol–water partition coefficient (Wildman–Crippen LogP) is 3.59. The Bertz CT molecular complexity index is 903. The van der Waals surface area contributed by atoms with E-state index in [0.29, 0.717) is 11.3 Å². The largest absolute Gasteiger partial charge is 0.477 e. The molecule has 0 spiro atoms. The summed E-state index contributed by atoms with van der Waals surface area (Å²) in [5.74, 6) is -1.25. The Morgan fingerprint density at radius 1 is 1.26 bits per heavy atom. The molecule has 0 unspecified atom stereocenters. The van der Waals surface area contributed by atoms with Gasteiger partial charge in [-0.1, -0.05) is 24.3 Å². The molecular formula is C17H11N3O2S. The number of hydrogen-bond acceptors (Lipinski definition) is 4. The van der Waals surface area contributed by atoms with Crippen LogP contribution >= 0.6 is 11.3 Å². The summed E-state index contributed by atoms with van der Waals surface area (Å²) in [7, 11) is 0. The van der Waals surface area contributed by atoms with Crippen molar-refractivity contribution in [1.29, 1.82) is 5.26 Å². The molecule has 0 atom stereocenters. The lowest BCUT2D eigenvalue weighted by atomic mass is 10.1. The van der Waals surface area contributed by atoms with Gasteiger partial charge in [0.05, 0.1) is 10.6 Å². The van der Waals surface area contributed by atoms with Crippen molar-refractivity contribution in [2.24, 2.45) is 0 Å². The topological polar surface area (TPSA) is 78.9 Å². The lowest BCUT2D eigenvalue weighted by molar-refractivity contribution is -0.132. The van der Waals surface area contributed by atoms with Gasteiger partial charge >= 0.3 is 5.97 Å². The van der Waals surface area contributed by atoms with Gasteiger partial charge in [0.15, 0.2) is 0 Å². The molecule has 0 aliphatic heterocycles. The number of carboxylic acids is 1. The quantitative estimate of drug-likeness (QED) is 0.588. The zero-order valence-corrected chi connectivity index (χ0v) is 12.7. The van der Waals surface area contributed by atoms with Crippen molar-refractivity contribution in [1.82, 2.24) is 9.78 Å². The first-order chi connectivity index (χ1) is 11.2. The van der Waals surface area contributed by atoms with Gasteiger partial charge in [0.25, 0.3) is 0 Å². The van der Waals surface area contributed by atoms with Crippen molar-refractivity contribution in [3.8, 4) is 22.3 Å². The molecular weight excluding hydrogens is 310 g/mol. The molecule has 5 nitrogen and oxygen atoms in total. The molecule has 0 bridgehead atoms. The highest BCUT2D eigenvalue weighted by Crippen LogP contribution is 2.29. The minimum absolute atomic E-state index is 0.324. The smallest absolute Gasteiger partial charge is 0.346 e. The molecule has 1 aromatic carbocycles. The van der Waals surface area contributed by atoms with Crippen LogP contribution < -0.4 is 0 Å². The fraction of sp³-hybridized carbons (Fsp3) is 0. The third kappa shape index (κ3) is 3.05. The first-order valence-corrected chi connectivity index (χ1v) is 7.61. The van der Waals surface area contributed by atoms with Crippen molar-refractivity contribution in [3.63, 3.8) is 0 Å². The molecule has 2 heterocycles. The standard InChI is InChI=1S/C17H11N3O2S/c18-10-12(17(21)22)9-13-11-20(14-5-2-1-3-6-14)19-16(13)15-7-4-8-23-15/h1-9,11H,(H,21,22)/b12-9+. The summed E-state index contributed by atoms with van der Waals surface area (Å²) in [6, 6.07) is 15.0. The summed E-state index contributed by atoms with van der Waals surface area (Å²) in [4.78, 5) is 12.0. The molecule has 6 heteroatoms. The molecule has 0 aliphatic rings. The van der Waals surface area contributed by atoms with Gasteiger partial charge in [0.1, 0.15) is 17.3 Å². The Labute approximate surface area is 136 Å². The summed E-state index contributed by atoms with van der Waals surface area (Å²) >= 11 is 1.51. The predicted molar refractivity (Wildman–Crippen MR) is 88.1 cm³/mol. The lowest BCUT2D eigenvalue weighted by Gasteiger charge is -1.99. The van der Waals surface area contributed by atoms with E-state index in [1.807, 2.05) is 47.8 Å². The molecule has 23 heavy (non-hydrogen) atoms. The minimum Gasteiger partial charge on any atom is -0.477 e. The molecule has 0 fully saturated rings. The number of aliphatic carboxylic acids is 1. The second kappa shape index (κ2) is 6.30. The van der Waals surface area contributed by atoms with Crippen molar-refractivity contribution < 1.29 is 9.90 Å². The number of hydrogen-bond donors (Lipinski definition) is 1. The van der Waals surface area contributed by atoms with E-state index in [4.69, 9.17) is 10.4 Å². The molecule has 2 aromatic heterocycles. The first-order valence-electron chi connectivity index (χ1n) is 6.73. The molecule has 0 saturated heterocycles. The Morgan fingerprint density at radius 2 is 2.04 bits per heavy atom. The van der Waals surface area contributed by atoms with Crippen molar-refractivity contribution >= 4 is 23.4 Å². The van der Waals surface area contributed by atoms with Gasteiger partial charge in [-0.3, -0.25) is 0 Å². The van der Waals surface area contributed by atoms with E-state index >= 15 is 0 Å². The van der Waals surface area contributed by atoms with Crippen LogP contribution in [-0.2, 0) is 4.79 Å². The Morgan fingerprint density at radius 3 is 2.65 bits per heavy atom. The Kier molecular flexibility index (Phi) is 4.04. The van der Waals surface area contributed by atoms with Crippen LogP contribution in [0.25, 0.3) is 22.3 Å². The molecule has 1 N–H and O–H groups in total. The molecule has 112 valence electrons. The summed E-state index contributed by atoms with van der Waals surface area (Å²) in [6.45, 7) is 0. The van der Waals surface area contributed by atoms with Crippen molar-refractivity contribution in [2.75, 3.05) is 0 Å². The Hall–Kier alpha value is -3.17. The van der Waals surface area contributed by atoms with Crippen LogP contribution in [0.1, 0.15) is 5.56 Å². The molecule has 3 rings (SSSR count). The van der Waals surface area contributed by atoms with Gasteiger partial charge in [-0.2, -0.15) is 10.4 Å². The lowest BCUT2D eigenvalue weighted by Crippen LogP contribution is -1.97. The summed E-state index contributed by atoms with van der Waals surface area (Å²) < 4.78 is 1.68. The number of nitriles is 1. The first kappa shape index (κ1) is 14.8. The van der Waals surface area contributed by atoms with E-state index < -0.39 is 5.97 Å². The van der Waals surface area contributed by atoms with Crippen molar-refractivity contribution in [3.05, 3.63) is 65.2 Å². The maximum absolute atomic E-state index is 11.1. The average Bonchev–Trinajstić information content (AvgIpc) is 3.22. The molecule has 0 aliphatic carbocycles. The van der Waals surface area contributed by atoms with Crippen LogP contribution in [-0.4, -0.2) is 20.9 Å². The number of rotatable bonds is 4. The molecule has 0 amide bonds. The maximum Gasteiger partial charge on any atom is 0.346 e. The third-order valence-electron chi connectivity index (χ3n) is 3.17. The van der Waals surface area contributed by atoms with E-state index in [0.717, 1.165) is 10.6 Å². The van der Waals surface area contributed by atoms with Gasteiger partial charge in [0, 0.05) is 11.8 Å². The van der Waals surface area contributed by atoms with Gasteiger partial charge in [-0.15, -0.1) is 11.3 Å². The van der Waals surface area contributed by atoms with Gasteiger partial charge in [0.2, 0.25) is 0 Å². The number of nitrogens with zero attached hydrogens (tertiary/aromatic N) is 3. The maximum atomic E-state index is 11.1. The highest BCUT2D eigenvalue weighted by molar-refractivity contribution is 7.13. The van der Waals surface area contributed by atoms with E-state index in [2.05, 4.69) is 5.10 Å². The highest BCUT2D eigenvalue weighted by atomic mass is 32.1. The molecule has 0 radical (unpaired) electrons. The van der Waals surface area contributed by atoms with Crippen LogP contribution in [0.3, 0.4) is 0 Å². The fourth-order valence-corrected chi connectivity index (χ4v) is 2.84. The van der Waals surface area contributed by atoms with Gasteiger partial charge in [-0.05, 0) is 29.7 Å². The zero-order chi connectivity index (χ0) is 16.2. The average molecular weight is 321 g/mol. The monoisotopic (exact) mass is 321 g/mol. The van der Waals surface area contributed by atoms with Crippen LogP contribution in [0.2, 0.25) is 0 Å². The number of benzene rings is 1. The van der Waals surface area contributed by atoms with Crippen LogP contribution in [0.5, 0.6) is 0 Å². The number of carbonyl (C=O) groups is 1. The second-order valence-corrected chi connectivity index (χ2v) is 5.61. The van der Waals surface area contributed by atoms with E-state index in [9.17, 15) is 4.79 Å². The zero-order valence-electron chi connectivity index (χ0n) is 11.9. The SMILES string of the molecule is N#C/C(=C\c1cn(-c2ccccc2)nc1-c1cccs1)C(=O)O. The van der Waals surface area contributed by atoms with Gasteiger partial charge in [-0.25, -0.2) is 9.48 Å².